The number of carbonyl (C=O) groups is 1. The van der Waals surface area contributed by atoms with E-state index >= 15 is 0 Å². The normalized spacial score (nSPS) is 12.2. The monoisotopic (exact) mass is 279 g/mol. The summed E-state index contributed by atoms with van der Waals surface area (Å²) in [6.07, 6.45) is 0. The second-order valence-electron chi connectivity index (χ2n) is 4.69. The van der Waals surface area contributed by atoms with Gasteiger partial charge in [0.1, 0.15) is 0 Å². The lowest BCUT2D eigenvalue weighted by Crippen LogP contribution is -2.28. The minimum absolute atomic E-state index is 0.131. The van der Waals surface area contributed by atoms with E-state index in [0.29, 0.717) is 26.4 Å². The van der Waals surface area contributed by atoms with Crippen LogP contribution >= 0.6 is 0 Å². The fourth-order valence-electron chi connectivity index (χ4n) is 1.87. The predicted octanol–water partition coefficient (Wildman–Crippen LogP) is 2.51. The fourth-order valence-corrected chi connectivity index (χ4v) is 1.87. The molecule has 0 radical (unpaired) electrons. The fraction of sp³-hybridized carbons (Fsp3) is 0.562. The molecule has 20 heavy (non-hydrogen) atoms. The number of benzene rings is 1. The zero-order valence-corrected chi connectivity index (χ0v) is 12.6. The Balaban J connectivity index is 2.43. The van der Waals surface area contributed by atoms with E-state index in [1.165, 1.54) is 11.1 Å². The van der Waals surface area contributed by atoms with Gasteiger partial charge in [0.2, 0.25) is 0 Å². The predicted molar refractivity (Wildman–Crippen MR) is 79.3 cm³/mol. The third-order valence-corrected chi connectivity index (χ3v) is 3.04. The summed E-state index contributed by atoms with van der Waals surface area (Å²) in [5.41, 5.74) is 2.39. The summed E-state index contributed by atoms with van der Waals surface area (Å²) in [5, 5.41) is 3.30. The highest BCUT2D eigenvalue weighted by Gasteiger charge is 2.13. The van der Waals surface area contributed by atoms with Gasteiger partial charge in [0.05, 0.1) is 19.1 Å². The second-order valence-corrected chi connectivity index (χ2v) is 4.69. The number of rotatable bonds is 9. The molecule has 0 saturated carbocycles. The van der Waals surface area contributed by atoms with Crippen LogP contribution in [0.1, 0.15) is 31.9 Å². The molecule has 4 heteroatoms. The van der Waals surface area contributed by atoms with Crippen LogP contribution in [0.15, 0.2) is 24.3 Å². The Bertz CT molecular complexity index is 406. The molecule has 4 nitrogen and oxygen atoms in total. The zero-order chi connectivity index (χ0) is 14.8. The maximum Gasteiger partial charge on any atom is 0.309 e. The van der Waals surface area contributed by atoms with Gasteiger partial charge < -0.3 is 14.8 Å². The number of hydrogen-bond acceptors (Lipinski definition) is 4. The van der Waals surface area contributed by atoms with Gasteiger partial charge >= 0.3 is 5.97 Å². The number of esters is 1. The number of nitrogens with one attached hydrogen (secondary N) is 1. The highest BCUT2D eigenvalue weighted by molar-refractivity contribution is 5.72. The van der Waals surface area contributed by atoms with Gasteiger partial charge in [0, 0.05) is 19.7 Å². The van der Waals surface area contributed by atoms with E-state index in [1.54, 1.807) is 0 Å². The van der Waals surface area contributed by atoms with Crippen LogP contribution in [0.2, 0.25) is 0 Å². The van der Waals surface area contributed by atoms with Crippen molar-refractivity contribution in [1.82, 2.24) is 5.32 Å². The highest BCUT2D eigenvalue weighted by Crippen LogP contribution is 2.10. The van der Waals surface area contributed by atoms with E-state index in [-0.39, 0.29) is 11.9 Å². The molecule has 0 amide bonds. The first-order chi connectivity index (χ1) is 9.69. The molecule has 112 valence electrons. The van der Waals surface area contributed by atoms with Gasteiger partial charge in [-0.15, -0.1) is 0 Å². The van der Waals surface area contributed by atoms with E-state index in [1.807, 2.05) is 32.9 Å². The van der Waals surface area contributed by atoms with Crippen LogP contribution in [0.5, 0.6) is 0 Å². The average Bonchev–Trinajstić information content (AvgIpc) is 2.46. The van der Waals surface area contributed by atoms with E-state index in [2.05, 4.69) is 17.4 Å². The van der Waals surface area contributed by atoms with Crippen molar-refractivity contribution in [2.24, 2.45) is 5.92 Å². The van der Waals surface area contributed by atoms with Gasteiger partial charge in [-0.25, -0.2) is 0 Å². The van der Waals surface area contributed by atoms with Crippen LogP contribution < -0.4 is 5.32 Å². The Kier molecular flexibility index (Phi) is 7.92. The number of hydrogen-bond donors (Lipinski definition) is 1. The molecule has 1 aromatic rings. The van der Waals surface area contributed by atoms with Crippen molar-refractivity contribution in [2.45, 2.75) is 33.9 Å². The van der Waals surface area contributed by atoms with Crippen molar-refractivity contribution in [3.8, 4) is 0 Å². The molecule has 0 aliphatic heterocycles. The van der Waals surface area contributed by atoms with Crippen LogP contribution in [0, 0.1) is 5.92 Å². The van der Waals surface area contributed by atoms with Crippen molar-refractivity contribution < 1.29 is 14.3 Å². The number of ether oxygens (including phenoxy) is 2. The second kappa shape index (κ2) is 9.50. The topological polar surface area (TPSA) is 47.6 Å². The Labute approximate surface area is 121 Å². The van der Waals surface area contributed by atoms with Gasteiger partial charge in [0.25, 0.3) is 0 Å². The van der Waals surface area contributed by atoms with Crippen LogP contribution in [0.25, 0.3) is 0 Å². The minimum Gasteiger partial charge on any atom is -0.466 e. The summed E-state index contributed by atoms with van der Waals surface area (Å²) in [6.45, 7) is 8.79. The van der Waals surface area contributed by atoms with Gasteiger partial charge in [-0.1, -0.05) is 31.2 Å². The Hall–Kier alpha value is -1.39. The lowest BCUT2D eigenvalue weighted by molar-refractivity contribution is -0.147. The largest absolute Gasteiger partial charge is 0.466 e. The van der Waals surface area contributed by atoms with E-state index in [0.717, 1.165) is 6.54 Å². The molecule has 1 rings (SSSR count). The summed E-state index contributed by atoms with van der Waals surface area (Å²) in [5.74, 6) is -0.281. The Morgan fingerprint density at radius 1 is 1.20 bits per heavy atom. The van der Waals surface area contributed by atoms with Crippen molar-refractivity contribution in [3.63, 3.8) is 0 Å². The first-order valence-electron chi connectivity index (χ1n) is 7.20. The van der Waals surface area contributed by atoms with Crippen LogP contribution in [0.3, 0.4) is 0 Å². The van der Waals surface area contributed by atoms with Crippen molar-refractivity contribution >= 4 is 5.97 Å². The molecule has 0 fully saturated rings. The van der Waals surface area contributed by atoms with Crippen molar-refractivity contribution in [2.75, 3.05) is 19.8 Å². The molecular formula is C16H25NO3. The summed E-state index contributed by atoms with van der Waals surface area (Å²) < 4.78 is 10.4. The molecule has 1 N–H and O–H groups in total. The molecule has 0 spiro atoms. The molecule has 1 atom stereocenters. The number of carbonyl (C=O) groups excluding carboxylic acids is 1. The standard InChI is InChI=1S/C16H25NO3/c1-4-19-12-15-9-7-6-8-14(15)11-17-10-13(3)16(18)20-5-2/h6-9,13,17H,4-5,10-12H2,1-3H3. The summed E-state index contributed by atoms with van der Waals surface area (Å²) in [6, 6.07) is 8.18. The maximum atomic E-state index is 11.5. The average molecular weight is 279 g/mol. The molecule has 0 saturated heterocycles. The van der Waals surface area contributed by atoms with E-state index in [4.69, 9.17) is 9.47 Å². The van der Waals surface area contributed by atoms with Crippen LogP contribution in [-0.2, 0) is 27.4 Å². The molecule has 0 aromatic heterocycles. The Morgan fingerprint density at radius 3 is 2.55 bits per heavy atom. The van der Waals surface area contributed by atoms with Gasteiger partial charge in [-0.05, 0) is 25.0 Å². The maximum absolute atomic E-state index is 11.5. The lowest BCUT2D eigenvalue weighted by Gasteiger charge is -2.13. The van der Waals surface area contributed by atoms with Gasteiger partial charge in [-0.3, -0.25) is 4.79 Å². The molecule has 0 bridgehead atoms. The quantitative estimate of drug-likeness (QED) is 0.706. The van der Waals surface area contributed by atoms with E-state index < -0.39 is 0 Å². The van der Waals surface area contributed by atoms with E-state index in [9.17, 15) is 4.79 Å². The summed E-state index contributed by atoms with van der Waals surface area (Å²) in [7, 11) is 0. The van der Waals surface area contributed by atoms with Crippen molar-refractivity contribution in [3.05, 3.63) is 35.4 Å². The third-order valence-electron chi connectivity index (χ3n) is 3.04. The molecule has 0 aliphatic rings. The Morgan fingerprint density at radius 2 is 1.90 bits per heavy atom. The third kappa shape index (κ3) is 5.72. The minimum atomic E-state index is -0.150. The molecule has 0 aliphatic carbocycles. The van der Waals surface area contributed by atoms with Gasteiger partial charge in [0.15, 0.2) is 0 Å². The molecular weight excluding hydrogens is 254 g/mol. The first-order valence-corrected chi connectivity index (χ1v) is 7.20. The molecule has 0 heterocycles. The summed E-state index contributed by atoms with van der Waals surface area (Å²) in [4.78, 5) is 11.5. The highest BCUT2D eigenvalue weighted by atomic mass is 16.5. The lowest BCUT2D eigenvalue weighted by atomic mass is 10.1. The smallest absolute Gasteiger partial charge is 0.309 e. The first kappa shape index (κ1) is 16.7. The van der Waals surface area contributed by atoms with Crippen molar-refractivity contribution in [1.29, 1.82) is 0 Å². The summed E-state index contributed by atoms with van der Waals surface area (Å²) >= 11 is 0. The molecule has 1 aromatic carbocycles. The van der Waals surface area contributed by atoms with Gasteiger partial charge in [-0.2, -0.15) is 0 Å². The van der Waals surface area contributed by atoms with Crippen LogP contribution in [-0.4, -0.2) is 25.7 Å². The molecule has 1 unspecified atom stereocenters. The zero-order valence-electron chi connectivity index (χ0n) is 12.6. The SMILES string of the molecule is CCOCc1ccccc1CNCC(C)C(=O)OCC. The van der Waals surface area contributed by atoms with Crippen LogP contribution in [0.4, 0.5) is 0 Å².